The van der Waals surface area contributed by atoms with E-state index < -0.39 is 5.97 Å². The Hall–Kier alpha value is -2.17. The fraction of sp³-hybridized carbons (Fsp3) is 0.357. The highest BCUT2D eigenvalue weighted by molar-refractivity contribution is 6.01. The standard InChI is InChI=1S/C14H15N3O2/c1-14(2)7-17(8-14)13-15-6-9-4-3-5-10(12(18)19)11(9)16-13/h3-6H,7-8H2,1-2H3,(H,18,19). The van der Waals surface area contributed by atoms with Crippen molar-refractivity contribution >= 4 is 22.8 Å². The van der Waals surface area contributed by atoms with Crippen LogP contribution in [0.2, 0.25) is 0 Å². The van der Waals surface area contributed by atoms with Gasteiger partial charge in [0, 0.05) is 24.7 Å². The van der Waals surface area contributed by atoms with E-state index >= 15 is 0 Å². The largest absolute Gasteiger partial charge is 0.478 e. The van der Waals surface area contributed by atoms with E-state index in [-0.39, 0.29) is 11.0 Å². The number of rotatable bonds is 2. The molecule has 0 bridgehead atoms. The predicted octanol–water partition coefficient (Wildman–Crippen LogP) is 2.17. The minimum Gasteiger partial charge on any atom is -0.478 e. The van der Waals surface area contributed by atoms with Crippen LogP contribution in [-0.4, -0.2) is 34.1 Å². The van der Waals surface area contributed by atoms with Gasteiger partial charge in [0.05, 0.1) is 11.1 Å². The van der Waals surface area contributed by atoms with Crippen molar-refractivity contribution < 1.29 is 9.90 Å². The number of nitrogens with zero attached hydrogens (tertiary/aromatic N) is 3. The fourth-order valence-electron chi connectivity index (χ4n) is 2.50. The summed E-state index contributed by atoms with van der Waals surface area (Å²) in [4.78, 5) is 22.0. The van der Waals surface area contributed by atoms with Crippen LogP contribution in [0.3, 0.4) is 0 Å². The Labute approximate surface area is 110 Å². The van der Waals surface area contributed by atoms with Crippen molar-refractivity contribution in [1.82, 2.24) is 9.97 Å². The smallest absolute Gasteiger partial charge is 0.337 e. The molecule has 2 heterocycles. The van der Waals surface area contributed by atoms with Crippen LogP contribution in [0.25, 0.3) is 10.9 Å². The second kappa shape index (κ2) is 3.91. The number of carboxylic acid groups (broad SMARTS) is 1. The van der Waals surface area contributed by atoms with E-state index in [2.05, 4.69) is 28.7 Å². The highest BCUT2D eigenvalue weighted by atomic mass is 16.4. The van der Waals surface area contributed by atoms with E-state index in [1.54, 1.807) is 18.3 Å². The molecule has 3 rings (SSSR count). The molecule has 19 heavy (non-hydrogen) atoms. The van der Waals surface area contributed by atoms with E-state index in [1.807, 2.05) is 6.07 Å². The van der Waals surface area contributed by atoms with Crippen LogP contribution in [0, 0.1) is 5.41 Å². The summed E-state index contributed by atoms with van der Waals surface area (Å²) >= 11 is 0. The van der Waals surface area contributed by atoms with Gasteiger partial charge in [-0.15, -0.1) is 0 Å². The molecular weight excluding hydrogens is 242 g/mol. The Bertz CT molecular complexity index is 659. The molecule has 98 valence electrons. The number of hydrogen-bond donors (Lipinski definition) is 1. The molecule has 1 saturated heterocycles. The van der Waals surface area contributed by atoms with Gasteiger partial charge in [0.25, 0.3) is 0 Å². The van der Waals surface area contributed by atoms with Gasteiger partial charge in [-0.05, 0) is 11.5 Å². The first-order valence-corrected chi connectivity index (χ1v) is 6.20. The SMILES string of the molecule is CC1(C)CN(c2ncc3cccc(C(=O)O)c3n2)C1. The minimum absolute atomic E-state index is 0.223. The topological polar surface area (TPSA) is 66.3 Å². The van der Waals surface area contributed by atoms with Crippen molar-refractivity contribution in [3.05, 3.63) is 30.0 Å². The van der Waals surface area contributed by atoms with Crippen molar-refractivity contribution in [2.75, 3.05) is 18.0 Å². The number of carboxylic acids is 1. The molecule has 0 saturated carbocycles. The fourth-order valence-corrected chi connectivity index (χ4v) is 2.50. The highest BCUT2D eigenvalue weighted by Gasteiger charge is 2.35. The third-order valence-electron chi connectivity index (χ3n) is 3.35. The lowest BCUT2D eigenvalue weighted by Crippen LogP contribution is -2.53. The number of benzene rings is 1. The predicted molar refractivity (Wildman–Crippen MR) is 72.5 cm³/mol. The van der Waals surface area contributed by atoms with Crippen LogP contribution < -0.4 is 4.90 Å². The van der Waals surface area contributed by atoms with Gasteiger partial charge < -0.3 is 10.0 Å². The Balaban J connectivity index is 2.05. The van der Waals surface area contributed by atoms with Gasteiger partial charge in [0.1, 0.15) is 0 Å². The summed E-state index contributed by atoms with van der Waals surface area (Å²) < 4.78 is 0. The molecule has 1 fully saturated rings. The van der Waals surface area contributed by atoms with E-state index in [1.165, 1.54) is 0 Å². The summed E-state index contributed by atoms with van der Waals surface area (Å²) in [6, 6.07) is 5.11. The minimum atomic E-state index is -0.959. The van der Waals surface area contributed by atoms with Gasteiger partial charge >= 0.3 is 5.97 Å². The Morgan fingerprint density at radius 2 is 2.11 bits per heavy atom. The maximum absolute atomic E-state index is 11.2. The number of anilines is 1. The summed E-state index contributed by atoms with van der Waals surface area (Å²) in [5.41, 5.74) is 1.01. The van der Waals surface area contributed by atoms with Crippen molar-refractivity contribution in [3.63, 3.8) is 0 Å². The van der Waals surface area contributed by atoms with Gasteiger partial charge in [-0.25, -0.2) is 14.8 Å². The summed E-state index contributed by atoms with van der Waals surface area (Å²) in [7, 11) is 0. The van der Waals surface area contributed by atoms with Crippen LogP contribution in [0.4, 0.5) is 5.95 Å². The van der Waals surface area contributed by atoms with Crippen LogP contribution in [0.15, 0.2) is 24.4 Å². The maximum atomic E-state index is 11.2. The van der Waals surface area contributed by atoms with E-state index in [0.29, 0.717) is 11.5 Å². The quantitative estimate of drug-likeness (QED) is 0.893. The van der Waals surface area contributed by atoms with Crippen LogP contribution in [0.1, 0.15) is 24.2 Å². The summed E-state index contributed by atoms with van der Waals surface area (Å²) in [5, 5.41) is 9.95. The number of para-hydroxylation sites is 1. The number of aromatic nitrogens is 2. The summed E-state index contributed by atoms with van der Waals surface area (Å²) in [6.45, 7) is 6.17. The highest BCUT2D eigenvalue weighted by Crippen LogP contribution is 2.32. The molecule has 5 heteroatoms. The third-order valence-corrected chi connectivity index (χ3v) is 3.35. The van der Waals surface area contributed by atoms with Gasteiger partial charge in [-0.1, -0.05) is 26.0 Å². The van der Waals surface area contributed by atoms with E-state index in [0.717, 1.165) is 18.5 Å². The molecule has 0 atom stereocenters. The number of carbonyl (C=O) groups is 1. The second-order valence-electron chi connectivity index (χ2n) is 5.74. The van der Waals surface area contributed by atoms with E-state index in [9.17, 15) is 9.90 Å². The Morgan fingerprint density at radius 3 is 2.74 bits per heavy atom. The van der Waals surface area contributed by atoms with Crippen molar-refractivity contribution in [2.24, 2.45) is 5.41 Å². The number of fused-ring (bicyclic) bond motifs is 1. The van der Waals surface area contributed by atoms with Crippen LogP contribution in [0.5, 0.6) is 0 Å². The third kappa shape index (κ3) is 2.01. The van der Waals surface area contributed by atoms with E-state index in [4.69, 9.17) is 0 Å². The molecule has 0 unspecified atom stereocenters. The molecule has 1 aliphatic rings. The molecule has 2 aromatic rings. The number of aromatic carboxylic acids is 1. The summed E-state index contributed by atoms with van der Waals surface area (Å²) in [5.74, 6) is -0.347. The molecule has 0 radical (unpaired) electrons. The molecule has 1 N–H and O–H groups in total. The first-order chi connectivity index (χ1) is 8.96. The summed E-state index contributed by atoms with van der Waals surface area (Å²) in [6.07, 6.45) is 1.69. The lowest BCUT2D eigenvalue weighted by Gasteiger charge is -2.45. The van der Waals surface area contributed by atoms with Crippen molar-refractivity contribution in [3.8, 4) is 0 Å². The molecule has 0 aliphatic carbocycles. The zero-order valence-electron chi connectivity index (χ0n) is 10.9. The Kier molecular flexibility index (Phi) is 2.45. The lowest BCUT2D eigenvalue weighted by atomic mass is 9.85. The molecule has 0 spiro atoms. The number of hydrogen-bond acceptors (Lipinski definition) is 4. The first-order valence-electron chi connectivity index (χ1n) is 6.20. The lowest BCUT2D eigenvalue weighted by molar-refractivity contribution is 0.0699. The van der Waals surface area contributed by atoms with Gasteiger partial charge in [0.15, 0.2) is 0 Å². The zero-order chi connectivity index (χ0) is 13.6. The molecule has 1 aromatic carbocycles. The van der Waals surface area contributed by atoms with Crippen molar-refractivity contribution in [1.29, 1.82) is 0 Å². The molecule has 0 amide bonds. The van der Waals surface area contributed by atoms with Gasteiger partial charge in [-0.2, -0.15) is 0 Å². The van der Waals surface area contributed by atoms with Crippen molar-refractivity contribution in [2.45, 2.75) is 13.8 Å². The molecule has 1 aromatic heterocycles. The maximum Gasteiger partial charge on any atom is 0.337 e. The monoisotopic (exact) mass is 257 g/mol. The second-order valence-corrected chi connectivity index (χ2v) is 5.74. The molecule has 1 aliphatic heterocycles. The molecular formula is C14H15N3O2. The first kappa shape index (κ1) is 11.9. The van der Waals surface area contributed by atoms with Gasteiger partial charge in [-0.3, -0.25) is 0 Å². The molecule has 5 nitrogen and oxygen atoms in total. The van der Waals surface area contributed by atoms with Crippen LogP contribution >= 0.6 is 0 Å². The average molecular weight is 257 g/mol. The zero-order valence-corrected chi connectivity index (χ0v) is 10.9. The average Bonchev–Trinajstić information content (AvgIpc) is 2.34. The van der Waals surface area contributed by atoms with Gasteiger partial charge in [0.2, 0.25) is 5.95 Å². The van der Waals surface area contributed by atoms with Crippen LogP contribution in [-0.2, 0) is 0 Å². The normalized spacial score (nSPS) is 17.3. The Morgan fingerprint density at radius 1 is 1.37 bits per heavy atom.